The fourth-order valence-electron chi connectivity index (χ4n) is 1.65. The number of nitro groups is 1. The largest absolute Gasteiger partial charge is 0.382 e. The van der Waals surface area contributed by atoms with Gasteiger partial charge < -0.3 is 11.1 Å². The van der Waals surface area contributed by atoms with Gasteiger partial charge in [-0.15, -0.1) is 5.10 Å². The summed E-state index contributed by atoms with van der Waals surface area (Å²) in [5, 5.41) is 26.6. The molecule has 0 fully saturated rings. The molecule has 0 saturated carbocycles. The van der Waals surface area contributed by atoms with Crippen LogP contribution in [0.5, 0.6) is 0 Å². The standard InChI is InChI=1S/C11H10N6O2/c1-14-11-9(6-12)10(13)16(15-11)7-3-2-4-8(5-7)17(18)19/h2-5H,13H2,1H3,(H,14,15). The predicted molar refractivity (Wildman–Crippen MR) is 68.9 cm³/mol. The molecule has 0 atom stereocenters. The van der Waals surface area contributed by atoms with Gasteiger partial charge in [-0.05, 0) is 6.07 Å². The van der Waals surface area contributed by atoms with Gasteiger partial charge in [0, 0.05) is 19.2 Å². The third-order valence-electron chi connectivity index (χ3n) is 2.55. The number of nitrogens with one attached hydrogen (secondary N) is 1. The van der Waals surface area contributed by atoms with Crippen molar-refractivity contribution in [1.29, 1.82) is 5.26 Å². The summed E-state index contributed by atoms with van der Waals surface area (Å²) in [4.78, 5) is 10.2. The van der Waals surface area contributed by atoms with Crippen molar-refractivity contribution >= 4 is 17.3 Å². The Balaban J connectivity index is 2.60. The first-order valence-corrected chi connectivity index (χ1v) is 5.29. The number of hydrogen-bond acceptors (Lipinski definition) is 6. The number of nitro benzene ring substituents is 1. The summed E-state index contributed by atoms with van der Waals surface area (Å²) in [6.07, 6.45) is 0. The molecule has 3 N–H and O–H groups in total. The number of nitrogens with zero attached hydrogens (tertiary/aromatic N) is 4. The maximum atomic E-state index is 10.7. The van der Waals surface area contributed by atoms with Gasteiger partial charge in [0.25, 0.3) is 5.69 Å². The molecule has 8 nitrogen and oxygen atoms in total. The van der Waals surface area contributed by atoms with Crippen molar-refractivity contribution in [3.8, 4) is 11.8 Å². The Labute approximate surface area is 108 Å². The number of nitriles is 1. The summed E-state index contributed by atoms with van der Waals surface area (Å²) in [6, 6.07) is 7.79. The van der Waals surface area contributed by atoms with Crippen LogP contribution in [0.4, 0.5) is 17.3 Å². The number of aromatic nitrogens is 2. The number of anilines is 2. The van der Waals surface area contributed by atoms with Gasteiger partial charge >= 0.3 is 0 Å². The molecule has 1 heterocycles. The monoisotopic (exact) mass is 258 g/mol. The van der Waals surface area contributed by atoms with Gasteiger partial charge in [-0.3, -0.25) is 10.1 Å². The van der Waals surface area contributed by atoms with Gasteiger partial charge in [0.15, 0.2) is 5.82 Å². The molecule has 0 bridgehead atoms. The van der Waals surface area contributed by atoms with Crippen molar-refractivity contribution in [2.24, 2.45) is 0 Å². The van der Waals surface area contributed by atoms with Gasteiger partial charge in [0.05, 0.1) is 10.6 Å². The van der Waals surface area contributed by atoms with Crippen LogP contribution in [0.15, 0.2) is 24.3 Å². The van der Waals surface area contributed by atoms with Crippen molar-refractivity contribution in [3.05, 3.63) is 39.9 Å². The Bertz CT molecular complexity index is 685. The van der Waals surface area contributed by atoms with Gasteiger partial charge in [-0.2, -0.15) is 5.26 Å². The maximum Gasteiger partial charge on any atom is 0.271 e. The number of nitrogen functional groups attached to an aromatic ring is 1. The van der Waals surface area contributed by atoms with Crippen LogP contribution in [0.2, 0.25) is 0 Å². The molecule has 0 radical (unpaired) electrons. The highest BCUT2D eigenvalue weighted by Crippen LogP contribution is 2.25. The smallest absolute Gasteiger partial charge is 0.271 e. The van der Waals surface area contributed by atoms with Gasteiger partial charge in [0.2, 0.25) is 0 Å². The summed E-state index contributed by atoms with van der Waals surface area (Å²) >= 11 is 0. The first-order chi connectivity index (χ1) is 9.08. The predicted octanol–water partition coefficient (Wildman–Crippen LogP) is 1.28. The molecule has 0 aliphatic carbocycles. The van der Waals surface area contributed by atoms with Crippen LogP contribution in [0.3, 0.4) is 0 Å². The molecule has 1 aromatic carbocycles. The van der Waals surface area contributed by atoms with E-state index in [9.17, 15) is 10.1 Å². The number of nitrogens with two attached hydrogens (primary N) is 1. The summed E-state index contributed by atoms with van der Waals surface area (Å²) in [5.41, 5.74) is 6.37. The number of benzene rings is 1. The van der Waals surface area contributed by atoms with E-state index in [2.05, 4.69) is 10.4 Å². The number of non-ortho nitro benzene ring substituents is 1. The van der Waals surface area contributed by atoms with Crippen LogP contribution in [0, 0.1) is 21.4 Å². The van der Waals surface area contributed by atoms with Gasteiger partial charge in [0.1, 0.15) is 17.5 Å². The van der Waals surface area contributed by atoms with Gasteiger partial charge in [-0.1, -0.05) is 6.07 Å². The maximum absolute atomic E-state index is 10.7. The molecule has 8 heteroatoms. The minimum absolute atomic E-state index is 0.0723. The van der Waals surface area contributed by atoms with Crippen LogP contribution < -0.4 is 11.1 Å². The Kier molecular flexibility index (Phi) is 3.03. The molecule has 1 aromatic heterocycles. The van der Waals surface area contributed by atoms with Crippen LogP contribution in [-0.4, -0.2) is 21.8 Å². The fourth-order valence-corrected chi connectivity index (χ4v) is 1.65. The molecule has 0 aliphatic rings. The van der Waals surface area contributed by atoms with Crippen molar-refractivity contribution < 1.29 is 4.92 Å². The van der Waals surface area contributed by atoms with E-state index in [1.807, 2.05) is 6.07 Å². The van der Waals surface area contributed by atoms with Crippen LogP contribution in [-0.2, 0) is 0 Å². The zero-order valence-electron chi connectivity index (χ0n) is 9.99. The zero-order chi connectivity index (χ0) is 14.0. The lowest BCUT2D eigenvalue weighted by molar-refractivity contribution is -0.384. The highest BCUT2D eigenvalue weighted by atomic mass is 16.6. The minimum Gasteiger partial charge on any atom is -0.382 e. The van der Waals surface area contributed by atoms with E-state index < -0.39 is 4.92 Å². The van der Waals surface area contributed by atoms with Crippen molar-refractivity contribution in [2.45, 2.75) is 0 Å². The van der Waals surface area contributed by atoms with Crippen molar-refractivity contribution in [2.75, 3.05) is 18.1 Å². The van der Waals surface area contributed by atoms with Crippen LogP contribution in [0.25, 0.3) is 5.69 Å². The summed E-state index contributed by atoms with van der Waals surface area (Å²) in [6.45, 7) is 0. The topological polar surface area (TPSA) is 123 Å². The first kappa shape index (κ1) is 12.4. The second-order valence-corrected chi connectivity index (χ2v) is 3.66. The quantitative estimate of drug-likeness (QED) is 0.631. The lowest BCUT2D eigenvalue weighted by Crippen LogP contribution is -2.03. The van der Waals surface area contributed by atoms with E-state index in [1.165, 1.54) is 22.9 Å². The molecule has 0 saturated heterocycles. The van der Waals surface area contributed by atoms with Crippen LogP contribution in [0.1, 0.15) is 5.56 Å². The average Bonchev–Trinajstić information content (AvgIpc) is 2.75. The molecular weight excluding hydrogens is 248 g/mol. The van der Waals surface area contributed by atoms with E-state index in [4.69, 9.17) is 11.0 Å². The lowest BCUT2D eigenvalue weighted by atomic mass is 10.3. The molecule has 0 aliphatic heterocycles. The normalized spacial score (nSPS) is 9.89. The Hall–Kier alpha value is -3.08. The van der Waals surface area contributed by atoms with Crippen molar-refractivity contribution in [3.63, 3.8) is 0 Å². The molecule has 0 amide bonds. The molecule has 0 unspecified atom stereocenters. The first-order valence-electron chi connectivity index (χ1n) is 5.29. The summed E-state index contributed by atoms with van der Waals surface area (Å²) < 4.78 is 1.29. The zero-order valence-corrected chi connectivity index (χ0v) is 9.99. The SMILES string of the molecule is CNc1nn(-c2cccc([N+](=O)[O-])c2)c(N)c1C#N. The molecule has 2 aromatic rings. The Morgan fingerprint density at radius 1 is 1.58 bits per heavy atom. The van der Waals surface area contributed by atoms with E-state index in [0.29, 0.717) is 11.5 Å². The fraction of sp³-hybridized carbons (Fsp3) is 0.0909. The third kappa shape index (κ3) is 2.04. The van der Waals surface area contributed by atoms with E-state index in [1.54, 1.807) is 13.1 Å². The molecule has 0 spiro atoms. The van der Waals surface area contributed by atoms with E-state index in [0.717, 1.165) is 0 Å². The second-order valence-electron chi connectivity index (χ2n) is 3.66. The van der Waals surface area contributed by atoms with Crippen molar-refractivity contribution in [1.82, 2.24) is 9.78 Å². The highest BCUT2D eigenvalue weighted by Gasteiger charge is 2.16. The third-order valence-corrected chi connectivity index (χ3v) is 2.55. The molecule has 19 heavy (non-hydrogen) atoms. The lowest BCUT2D eigenvalue weighted by Gasteiger charge is -2.03. The number of rotatable bonds is 3. The summed E-state index contributed by atoms with van der Waals surface area (Å²) in [5.74, 6) is 0.457. The summed E-state index contributed by atoms with van der Waals surface area (Å²) in [7, 11) is 1.61. The molecule has 96 valence electrons. The Morgan fingerprint density at radius 2 is 2.32 bits per heavy atom. The number of hydrogen-bond donors (Lipinski definition) is 2. The molecular formula is C11H10N6O2. The second kappa shape index (κ2) is 4.66. The van der Waals surface area contributed by atoms with E-state index >= 15 is 0 Å². The molecule has 2 rings (SSSR count). The Morgan fingerprint density at radius 3 is 2.84 bits per heavy atom. The van der Waals surface area contributed by atoms with Gasteiger partial charge in [-0.25, -0.2) is 4.68 Å². The highest BCUT2D eigenvalue weighted by molar-refractivity contribution is 5.66. The minimum atomic E-state index is -0.507. The van der Waals surface area contributed by atoms with E-state index in [-0.39, 0.29) is 17.1 Å². The van der Waals surface area contributed by atoms with Crippen LogP contribution >= 0.6 is 0 Å². The average molecular weight is 258 g/mol.